The molecular formula is C19H20N4O3S. The van der Waals surface area contributed by atoms with E-state index in [0.717, 1.165) is 16.7 Å². The van der Waals surface area contributed by atoms with Crippen molar-refractivity contribution in [3.63, 3.8) is 0 Å². The molecule has 8 heteroatoms. The fraction of sp³-hybridized carbons (Fsp3) is 0.263. The third kappa shape index (κ3) is 4.40. The lowest BCUT2D eigenvalue weighted by Crippen LogP contribution is -2.36. The number of aryl methyl sites for hydroxylation is 2. The van der Waals surface area contributed by atoms with Crippen molar-refractivity contribution in [1.82, 2.24) is 19.7 Å². The normalized spacial score (nSPS) is 10.6. The van der Waals surface area contributed by atoms with Gasteiger partial charge < -0.3 is 9.64 Å². The summed E-state index contributed by atoms with van der Waals surface area (Å²) in [6.45, 7) is 2.14. The molecule has 0 N–H and O–H groups in total. The Hall–Kier alpha value is -3.00. The Labute approximate surface area is 161 Å². The number of nitrogens with zero attached hydrogens (tertiary/aromatic N) is 4. The van der Waals surface area contributed by atoms with E-state index in [-0.39, 0.29) is 12.5 Å². The van der Waals surface area contributed by atoms with Gasteiger partial charge in [-0.3, -0.25) is 14.3 Å². The van der Waals surface area contributed by atoms with Gasteiger partial charge in [0.1, 0.15) is 17.2 Å². The Balaban J connectivity index is 1.85. The fourth-order valence-corrected chi connectivity index (χ4v) is 3.38. The minimum atomic E-state index is -0.473. The number of amides is 1. The number of methoxy groups -OCH3 is 1. The molecule has 140 valence electrons. The highest BCUT2D eigenvalue weighted by Crippen LogP contribution is 2.24. The van der Waals surface area contributed by atoms with E-state index in [1.165, 1.54) is 23.3 Å². The number of ether oxygens (including phenoxy) is 1. The zero-order chi connectivity index (χ0) is 19.4. The zero-order valence-corrected chi connectivity index (χ0v) is 16.2. The second kappa shape index (κ2) is 8.13. The van der Waals surface area contributed by atoms with Crippen molar-refractivity contribution in [2.45, 2.75) is 13.5 Å². The second-order valence-electron chi connectivity index (χ2n) is 6.10. The van der Waals surface area contributed by atoms with E-state index < -0.39 is 5.97 Å². The molecule has 27 heavy (non-hydrogen) atoms. The number of carbonyl (C=O) groups is 2. The highest BCUT2D eigenvalue weighted by molar-refractivity contribution is 7.13. The number of hydrogen-bond donors (Lipinski definition) is 0. The standard InChI is InChI=1S/C19H20N4O3S/c1-13-6-4-5-7-14(13)10-23(11-17(24)26-3)19(25)16-12-27-18(21-16)15-8-20-22(2)9-15/h4-9,12H,10-11H2,1-3H3. The molecule has 2 aromatic heterocycles. The van der Waals surface area contributed by atoms with Crippen LogP contribution in [0, 0.1) is 6.92 Å². The summed E-state index contributed by atoms with van der Waals surface area (Å²) in [5.41, 5.74) is 3.17. The predicted molar refractivity (Wildman–Crippen MR) is 102 cm³/mol. The van der Waals surface area contributed by atoms with Gasteiger partial charge in [0.15, 0.2) is 0 Å². The van der Waals surface area contributed by atoms with Gasteiger partial charge in [-0.1, -0.05) is 24.3 Å². The van der Waals surface area contributed by atoms with Crippen LogP contribution in [0.3, 0.4) is 0 Å². The number of carbonyl (C=O) groups excluding carboxylic acids is 2. The molecule has 3 rings (SSSR count). The van der Waals surface area contributed by atoms with Gasteiger partial charge in [-0.15, -0.1) is 11.3 Å². The molecule has 0 aliphatic rings. The molecule has 0 unspecified atom stereocenters. The van der Waals surface area contributed by atoms with Gasteiger partial charge in [-0.05, 0) is 18.1 Å². The van der Waals surface area contributed by atoms with E-state index in [2.05, 4.69) is 10.1 Å². The van der Waals surface area contributed by atoms with Crippen LogP contribution in [0.5, 0.6) is 0 Å². The molecule has 0 fully saturated rings. The predicted octanol–water partition coefficient (Wildman–Crippen LogP) is 2.67. The maximum absolute atomic E-state index is 13.0. The van der Waals surface area contributed by atoms with Crippen molar-refractivity contribution in [3.8, 4) is 10.6 Å². The summed E-state index contributed by atoms with van der Waals surface area (Å²) in [4.78, 5) is 30.7. The first-order valence-electron chi connectivity index (χ1n) is 8.33. The van der Waals surface area contributed by atoms with Crippen LogP contribution in [-0.2, 0) is 23.1 Å². The molecule has 0 radical (unpaired) electrons. The monoisotopic (exact) mass is 384 g/mol. The summed E-state index contributed by atoms with van der Waals surface area (Å²) in [5.74, 6) is -0.783. The van der Waals surface area contributed by atoms with Crippen LogP contribution in [0.1, 0.15) is 21.6 Å². The SMILES string of the molecule is COC(=O)CN(Cc1ccccc1C)C(=O)c1csc(-c2cnn(C)c2)n1. The van der Waals surface area contributed by atoms with E-state index >= 15 is 0 Å². The molecule has 0 bridgehead atoms. The molecule has 7 nitrogen and oxygen atoms in total. The van der Waals surface area contributed by atoms with E-state index in [9.17, 15) is 9.59 Å². The van der Waals surface area contributed by atoms with Crippen LogP contribution in [0.25, 0.3) is 10.6 Å². The Morgan fingerprint density at radius 3 is 2.74 bits per heavy atom. The van der Waals surface area contributed by atoms with Gasteiger partial charge in [0.25, 0.3) is 5.91 Å². The summed E-state index contributed by atoms with van der Waals surface area (Å²) >= 11 is 1.37. The first-order valence-corrected chi connectivity index (χ1v) is 9.21. The third-order valence-electron chi connectivity index (χ3n) is 4.13. The molecule has 0 aliphatic carbocycles. The summed E-state index contributed by atoms with van der Waals surface area (Å²) in [7, 11) is 3.13. The highest BCUT2D eigenvalue weighted by Gasteiger charge is 2.23. The molecule has 0 spiro atoms. The van der Waals surface area contributed by atoms with Crippen LogP contribution in [0.4, 0.5) is 0 Å². The molecule has 0 saturated heterocycles. The van der Waals surface area contributed by atoms with Crippen molar-refractivity contribution < 1.29 is 14.3 Å². The number of benzene rings is 1. The average molecular weight is 384 g/mol. The smallest absolute Gasteiger partial charge is 0.325 e. The highest BCUT2D eigenvalue weighted by atomic mass is 32.1. The van der Waals surface area contributed by atoms with Crippen LogP contribution in [0.15, 0.2) is 42.0 Å². The lowest BCUT2D eigenvalue weighted by molar-refractivity contribution is -0.141. The molecule has 0 aliphatic heterocycles. The molecule has 1 amide bonds. The van der Waals surface area contributed by atoms with Crippen LogP contribution < -0.4 is 0 Å². The second-order valence-corrected chi connectivity index (χ2v) is 6.96. The topological polar surface area (TPSA) is 77.3 Å². The quantitative estimate of drug-likeness (QED) is 0.611. The largest absolute Gasteiger partial charge is 0.468 e. The van der Waals surface area contributed by atoms with Gasteiger partial charge in [0.2, 0.25) is 0 Å². The number of rotatable bonds is 6. The van der Waals surface area contributed by atoms with E-state index in [1.807, 2.05) is 44.4 Å². The summed E-state index contributed by atoms with van der Waals surface area (Å²) < 4.78 is 6.43. The van der Waals surface area contributed by atoms with E-state index in [0.29, 0.717) is 17.2 Å². The van der Waals surface area contributed by atoms with Crippen LogP contribution in [0.2, 0.25) is 0 Å². The third-order valence-corrected chi connectivity index (χ3v) is 5.02. The van der Waals surface area contributed by atoms with Crippen molar-refractivity contribution in [2.75, 3.05) is 13.7 Å². The van der Waals surface area contributed by atoms with E-state index in [1.54, 1.807) is 16.3 Å². The van der Waals surface area contributed by atoms with Crippen molar-refractivity contribution in [1.29, 1.82) is 0 Å². The first-order chi connectivity index (χ1) is 13.0. The van der Waals surface area contributed by atoms with Gasteiger partial charge in [0, 0.05) is 30.7 Å². The lowest BCUT2D eigenvalue weighted by atomic mass is 10.1. The number of thiazole rings is 1. The zero-order valence-electron chi connectivity index (χ0n) is 15.4. The Morgan fingerprint density at radius 2 is 2.07 bits per heavy atom. The van der Waals surface area contributed by atoms with Gasteiger partial charge in [-0.2, -0.15) is 5.10 Å². The molecule has 3 aromatic rings. The molecule has 1 aromatic carbocycles. The summed E-state index contributed by atoms with van der Waals surface area (Å²) in [5, 5.41) is 6.53. The Kier molecular flexibility index (Phi) is 5.66. The van der Waals surface area contributed by atoms with Crippen molar-refractivity contribution in [2.24, 2.45) is 7.05 Å². The molecule has 0 atom stereocenters. The van der Waals surface area contributed by atoms with Gasteiger partial charge in [0.05, 0.1) is 13.3 Å². The Morgan fingerprint density at radius 1 is 1.30 bits per heavy atom. The molecule has 0 saturated carbocycles. The lowest BCUT2D eigenvalue weighted by Gasteiger charge is -2.21. The summed E-state index contributed by atoms with van der Waals surface area (Å²) in [6.07, 6.45) is 3.54. The fourth-order valence-electron chi connectivity index (χ4n) is 2.61. The maximum atomic E-state index is 13.0. The number of aromatic nitrogens is 3. The molecular weight excluding hydrogens is 364 g/mol. The average Bonchev–Trinajstić information content (AvgIpc) is 3.31. The number of esters is 1. The Bertz CT molecular complexity index is 963. The van der Waals surface area contributed by atoms with E-state index in [4.69, 9.17) is 4.74 Å². The minimum Gasteiger partial charge on any atom is -0.468 e. The van der Waals surface area contributed by atoms with Crippen LogP contribution in [-0.4, -0.2) is 45.2 Å². The van der Waals surface area contributed by atoms with Gasteiger partial charge in [-0.25, -0.2) is 4.98 Å². The van der Waals surface area contributed by atoms with Gasteiger partial charge >= 0.3 is 5.97 Å². The van der Waals surface area contributed by atoms with Crippen LogP contribution >= 0.6 is 11.3 Å². The van der Waals surface area contributed by atoms with Crippen molar-refractivity contribution >= 4 is 23.2 Å². The first kappa shape index (κ1) is 18.8. The summed E-state index contributed by atoms with van der Waals surface area (Å²) in [6, 6.07) is 7.76. The minimum absolute atomic E-state index is 0.135. The molecule has 2 heterocycles. The maximum Gasteiger partial charge on any atom is 0.325 e. The number of hydrogen-bond acceptors (Lipinski definition) is 6. The van der Waals surface area contributed by atoms with Crippen molar-refractivity contribution in [3.05, 3.63) is 58.9 Å².